The van der Waals surface area contributed by atoms with Gasteiger partial charge in [-0.2, -0.15) is 0 Å². The van der Waals surface area contributed by atoms with Crippen molar-refractivity contribution < 1.29 is 4.79 Å². The first-order valence-corrected chi connectivity index (χ1v) is 7.35. The molecule has 1 fully saturated rings. The molecule has 1 aromatic carbocycles. The molecule has 0 radical (unpaired) electrons. The Balaban J connectivity index is 0.00000176. The molecule has 2 heterocycles. The number of amides is 1. The molecular weight excluding hydrogens is 300 g/mol. The molecule has 1 saturated heterocycles. The van der Waals surface area contributed by atoms with Crippen LogP contribution in [0, 0.1) is 5.92 Å². The normalized spacial score (nSPS) is 21.0. The number of carbonyl (C=O) groups is 1. The summed E-state index contributed by atoms with van der Waals surface area (Å²) in [4.78, 5) is 16.4. The van der Waals surface area contributed by atoms with Gasteiger partial charge in [-0.1, -0.05) is 13.0 Å². The molecule has 1 aliphatic rings. The number of nitrogens with one attached hydrogen (secondary N) is 2. The van der Waals surface area contributed by atoms with Crippen molar-refractivity contribution in [1.29, 1.82) is 0 Å². The first kappa shape index (κ1) is 16.5. The van der Waals surface area contributed by atoms with E-state index >= 15 is 0 Å². The highest BCUT2D eigenvalue weighted by Gasteiger charge is 2.24. The third kappa shape index (κ3) is 3.87. The molecule has 2 unspecified atom stereocenters. The Labute approximate surface area is 136 Å². The Morgan fingerprint density at radius 1 is 1.45 bits per heavy atom. The van der Waals surface area contributed by atoms with E-state index in [-0.39, 0.29) is 24.4 Å². The van der Waals surface area contributed by atoms with E-state index in [0.717, 1.165) is 30.8 Å². The van der Waals surface area contributed by atoms with Crippen LogP contribution in [-0.2, 0) is 4.79 Å². The zero-order valence-corrected chi connectivity index (χ0v) is 13.3. The number of hydrogen-bond donors (Lipinski definition) is 2. The Morgan fingerprint density at radius 3 is 3.05 bits per heavy atom. The molecule has 0 spiro atoms. The third-order valence-corrected chi connectivity index (χ3v) is 3.90. The number of anilines is 1. The van der Waals surface area contributed by atoms with Gasteiger partial charge in [0.15, 0.2) is 0 Å². The van der Waals surface area contributed by atoms with E-state index in [1.807, 2.05) is 35.0 Å². The van der Waals surface area contributed by atoms with Crippen LogP contribution >= 0.6 is 12.4 Å². The average Bonchev–Trinajstić information content (AvgIpc) is 3.02. The number of hydrogen-bond acceptors (Lipinski definition) is 3. The number of halogens is 1. The van der Waals surface area contributed by atoms with Crippen molar-refractivity contribution in [3.8, 4) is 5.69 Å². The Kier molecular flexibility index (Phi) is 5.57. The molecule has 0 saturated carbocycles. The lowest BCUT2D eigenvalue weighted by molar-refractivity contribution is -0.119. The average molecular weight is 321 g/mol. The van der Waals surface area contributed by atoms with E-state index in [4.69, 9.17) is 0 Å². The largest absolute Gasteiger partial charge is 0.325 e. The Bertz CT molecular complexity index is 614. The van der Waals surface area contributed by atoms with Crippen LogP contribution in [0.1, 0.15) is 19.8 Å². The number of benzene rings is 1. The molecule has 3 rings (SSSR count). The summed E-state index contributed by atoms with van der Waals surface area (Å²) in [6, 6.07) is 7.68. The smallest absolute Gasteiger partial charge is 0.241 e. The van der Waals surface area contributed by atoms with E-state index in [1.54, 1.807) is 12.5 Å². The van der Waals surface area contributed by atoms with Gasteiger partial charge in [0.2, 0.25) is 5.91 Å². The van der Waals surface area contributed by atoms with Crippen molar-refractivity contribution in [2.75, 3.05) is 11.9 Å². The van der Waals surface area contributed by atoms with Gasteiger partial charge >= 0.3 is 0 Å². The number of rotatable bonds is 3. The molecule has 22 heavy (non-hydrogen) atoms. The zero-order valence-electron chi connectivity index (χ0n) is 12.5. The van der Waals surface area contributed by atoms with Crippen LogP contribution in [0.2, 0.25) is 0 Å². The maximum absolute atomic E-state index is 12.3. The lowest BCUT2D eigenvalue weighted by atomic mass is 9.94. The second-order valence-electron chi connectivity index (χ2n) is 5.65. The summed E-state index contributed by atoms with van der Waals surface area (Å²) in [6.45, 7) is 3.11. The highest BCUT2D eigenvalue weighted by Crippen LogP contribution is 2.18. The van der Waals surface area contributed by atoms with Gasteiger partial charge in [0.05, 0.1) is 12.4 Å². The summed E-state index contributed by atoms with van der Waals surface area (Å²) < 4.78 is 1.91. The zero-order chi connectivity index (χ0) is 14.7. The second kappa shape index (κ2) is 7.42. The minimum absolute atomic E-state index is 0. The summed E-state index contributed by atoms with van der Waals surface area (Å²) in [5, 5.41) is 6.28. The summed E-state index contributed by atoms with van der Waals surface area (Å²) >= 11 is 0. The predicted molar refractivity (Wildman–Crippen MR) is 89.6 cm³/mol. The molecule has 5 nitrogen and oxygen atoms in total. The van der Waals surface area contributed by atoms with Crippen molar-refractivity contribution >= 4 is 24.0 Å². The molecule has 0 bridgehead atoms. The van der Waals surface area contributed by atoms with Gasteiger partial charge in [-0.25, -0.2) is 4.98 Å². The van der Waals surface area contributed by atoms with Gasteiger partial charge in [-0.15, -0.1) is 12.4 Å². The SMILES string of the molecule is CC1CCNC(C(=O)Nc2cccc(-n3ccnc3)c2)C1.Cl. The third-order valence-electron chi connectivity index (χ3n) is 3.90. The lowest BCUT2D eigenvalue weighted by Gasteiger charge is -2.27. The fourth-order valence-corrected chi connectivity index (χ4v) is 2.69. The van der Waals surface area contributed by atoms with Gasteiger partial charge in [-0.05, 0) is 43.5 Å². The minimum Gasteiger partial charge on any atom is -0.325 e. The van der Waals surface area contributed by atoms with Crippen LogP contribution in [0.15, 0.2) is 43.0 Å². The van der Waals surface area contributed by atoms with Gasteiger partial charge in [-0.3, -0.25) is 4.79 Å². The molecule has 1 aromatic heterocycles. The molecule has 2 aromatic rings. The van der Waals surface area contributed by atoms with Crippen molar-refractivity contribution in [1.82, 2.24) is 14.9 Å². The van der Waals surface area contributed by atoms with E-state index in [9.17, 15) is 4.79 Å². The van der Waals surface area contributed by atoms with E-state index in [0.29, 0.717) is 5.92 Å². The van der Waals surface area contributed by atoms with Crippen molar-refractivity contribution in [3.05, 3.63) is 43.0 Å². The summed E-state index contributed by atoms with van der Waals surface area (Å²) in [5.41, 5.74) is 1.79. The highest BCUT2D eigenvalue weighted by atomic mass is 35.5. The van der Waals surface area contributed by atoms with Crippen LogP contribution in [-0.4, -0.2) is 28.0 Å². The van der Waals surface area contributed by atoms with Crippen molar-refractivity contribution in [2.45, 2.75) is 25.8 Å². The number of imidazole rings is 1. The second-order valence-corrected chi connectivity index (χ2v) is 5.65. The van der Waals surface area contributed by atoms with Crippen LogP contribution in [0.4, 0.5) is 5.69 Å². The summed E-state index contributed by atoms with van der Waals surface area (Å²) in [5.74, 6) is 0.642. The van der Waals surface area contributed by atoms with Gasteiger partial charge < -0.3 is 15.2 Å². The van der Waals surface area contributed by atoms with Crippen LogP contribution in [0.5, 0.6) is 0 Å². The number of nitrogens with zero attached hydrogens (tertiary/aromatic N) is 2. The molecule has 6 heteroatoms. The molecule has 118 valence electrons. The van der Waals surface area contributed by atoms with Gasteiger partial charge in [0.1, 0.15) is 0 Å². The molecular formula is C16H21ClN4O. The van der Waals surface area contributed by atoms with Crippen molar-refractivity contribution in [3.63, 3.8) is 0 Å². The predicted octanol–water partition coefficient (Wildman–Crippen LogP) is 2.62. The van der Waals surface area contributed by atoms with E-state index < -0.39 is 0 Å². The number of piperidine rings is 1. The number of aromatic nitrogens is 2. The van der Waals surface area contributed by atoms with Crippen LogP contribution in [0.3, 0.4) is 0 Å². The fraction of sp³-hybridized carbons (Fsp3) is 0.375. The number of carbonyl (C=O) groups excluding carboxylic acids is 1. The maximum Gasteiger partial charge on any atom is 0.241 e. The summed E-state index contributed by atoms with van der Waals surface area (Å²) in [7, 11) is 0. The first-order chi connectivity index (χ1) is 10.2. The van der Waals surface area contributed by atoms with E-state index in [1.165, 1.54) is 0 Å². The van der Waals surface area contributed by atoms with Crippen molar-refractivity contribution in [2.24, 2.45) is 5.92 Å². The Hall–Kier alpha value is -1.85. The van der Waals surface area contributed by atoms with Crippen LogP contribution in [0.25, 0.3) is 5.69 Å². The first-order valence-electron chi connectivity index (χ1n) is 7.35. The molecule has 0 aliphatic carbocycles. The highest BCUT2D eigenvalue weighted by molar-refractivity contribution is 5.95. The molecule has 2 atom stereocenters. The topological polar surface area (TPSA) is 59.0 Å². The Morgan fingerprint density at radius 2 is 2.32 bits per heavy atom. The minimum atomic E-state index is -0.0920. The fourth-order valence-electron chi connectivity index (χ4n) is 2.69. The molecule has 1 amide bonds. The monoisotopic (exact) mass is 320 g/mol. The lowest BCUT2D eigenvalue weighted by Crippen LogP contribution is -2.45. The quantitative estimate of drug-likeness (QED) is 0.914. The van der Waals surface area contributed by atoms with Gasteiger partial charge in [0, 0.05) is 23.8 Å². The molecule has 1 aliphatic heterocycles. The molecule has 2 N–H and O–H groups in total. The standard InChI is InChI=1S/C16H20N4O.ClH/c1-12-5-6-18-15(9-12)16(21)19-13-3-2-4-14(10-13)20-8-7-17-11-20;/h2-4,7-8,10-12,15,18H,5-6,9H2,1H3,(H,19,21);1H. The van der Waals surface area contributed by atoms with Gasteiger partial charge in [0.25, 0.3) is 0 Å². The van der Waals surface area contributed by atoms with Crippen LogP contribution < -0.4 is 10.6 Å². The van der Waals surface area contributed by atoms with E-state index in [2.05, 4.69) is 22.5 Å². The maximum atomic E-state index is 12.3. The summed E-state index contributed by atoms with van der Waals surface area (Å²) in [6.07, 6.45) is 7.39.